The summed E-state index contributed by atoms with van der Waals surface area (Å²) >= 11 is 6.25. The lowest BCUT2D eigenvalue weighted by Gasteiger charge is -2.39. The lowest BCUT2D eigenvalue weighted by atomic mass is 9.72. The Balaban J connectivity index is 0.996. The Hall–Kier alpha value is -5.49. The number of rotatable bonds is 13. The highest BCUT2D eigenvalue weighted by molar-refractivity contribution is 7.90. The molecule has 64 heavy (non-hydrogen) atoms. The summed E-state index contributed by atoms with van der Waals surface area (Å²) in [5, 5.41) is 23.7. The molecule has 0 aromatic heterocycles. The number of piperazine rings is 1. The Morgan fingerprint density at radius 2 is 1.77 bits per heavy atom. The fourth-order valence-corrected chi connectivity index (χ4v) is 9.89. The number of carbonyl (C=O) groups excluding carboxylic acids is 2. The second-order valence-electron chi connectivity index (χ2n) is 17.5. The van der Waals surface area contributed by atoms with Gasteiger partial charge in [0.2, 0.25) is 5.91 Å². The third-order valence-corrected chi connectivity index (χ3v) is 14.0. The zero-order chi connectivity index (χ0) is 45.2. The van der Waals surface area contributed by atoms with E-state index in [0.29, 0.717) is 37.6 Å². The van der Waals surface area contributed by atoms with Crippen molar-refractivity contribution in [2.75, 3.05) is 74.4 Å². The first kappa shape index (κ1) is 45.1. The molecule has 0 saturated carbocycles. The fourth-order valence-electron chi connectivity index (χ4n) is 8.77. The van der Waals surface area contributed by atoms with Gasteiger partial charge in [0.05, 0.1) is 28.9 Å². The maximum absolute atomic E-state index is 14.0. The minimum Gasteiger partial charge on any atom is -0.454 e. The number of amides is 2. The van der Waals surface area contributed by atoms with Crippen LogP contribution in [-0.2, 0) is 26.0 Å². The van der Waals surface area contributed by atoms with Crippen molar-refractivity contribution in [3.63, 3.8) is 0 Å². The molecule has 3 aliphatic heterocycles. The third kappa shape index (κ3) is 10.4. The molecule has 2 fully saturated rings. The number of nitrogens with zero attached hydrogens (tertiary/aromatic N) is 5. The maximum atomic E-state index is 14.0. The van der Waals surface area contributed by atoms with Crippen LogP contribution in [0.25, 0.3) is 5.57 Å². The predicted molar refractivity (Wildman–Crippen MR) is 247 cm³/mol. The Morgan fingerprint density at radius 1 is 0.984 bits per heavy atom. The summed E-state index contributed by atoms with van der Waals surface area (Å²) < 4.78 is 41.9. The van der Waals surface area contributed by atoms with Gasteiger partial charge in [-0.15, -0.1) is 5.23 Å². The average molecular weight is 913 g/mol. The van der Waals surface area contributed by atoms with Gasteiger partial charge in [0.1, 0.15) is 17.1 Å². The number of halogens is 1. The van der Waals surface area contributed by atoms with Crippen LogP contribution in [0.4, 0.5) is 22.7 Å². The van der Waals surface area contributed by atoms with Gasteiger partial charge in [-0.25, -0.2) is 13.1 Å². The third-order valence-electron chi connectivity index (χ3n) is 12.4. The Kier molecular flexibility index (Phi) is 13.3. The second kappa shape index (κ2) is 18.9. The number of hydrogen-bond acceptors (Lipinski definition) is 13. The molecule has 0 spiro atoms. The van der Waals surface area contributed by atoms with Gasteiger partial charge in [0, 0.05) is 88.7 Å². The molecule has 2 amide bonds. The van der Waals surface area contributed by atoms with Crippen LogP contribution in [-0.4, -0.2) is 112 Å². The van der Waals surface area contributed by atoms with Gasteiger partial charge >= 0.3 is 0 Å². The molecule has 4 aliphatic rings. The van der Waals surface area contributed by atoms with Crippen LogP contribution in [0.2, 0.25) is 5.02 Å². The number of sulfonamides is 1. The van der Waals surface area contributed by atoms with Gasteiger partial charge in [0.25, 0.3) is 15.9 Å². The van der Waals surface area contributed by atoms with Gasteiger partial charge < -0.3 is 24.6 Å². The SMILES string of the molecule is CC(=O)N1CCOC(CNc2ccc(S(=O)(=O)NC(=O)c3ccc(N4CCN(CC5=C(c6ccc(Cl)cc6)CC(C)(C)CC5)CC4)cc3Oc3cccc4c3N=CC4)cc2N(O)O)C1. The smallest absolute Gasteiger partial charge is 0.268 e. The molecule has 3 heterocycles. The van der Waals surface area contributed by atoms with Gasteiger partial charge in [-0.05, 0) is 89.9 Å². The maximum Gasteiger partial charge on any atom is 0.268 e. The van der Waals surface area contributed by atoms with E-state index in [4.69, 9.17) is 21.1 Å². The molecule has 338 valence electrons. The highest BCUT2D eigenvalue weighted by Gasteiger charge is 2.31. The monoisotopic (exact) mass is 911 g/mol. The molecule has 0 radical (unpaired) electrons. The van der Waals surface area contributed by atoms with Crippen molar-refractivity contribution in [1.82, 2.24) is 14.5 Å². The first-order chi connectivity index (χ1) is 30.6. The summed E-state index contributed by atoms with van der Waals surface area (Å²) in [6.07, 6.45) is 5.23. The quantitative estimate of drug-likeness (QED) is 0.0972. The summed E-state index contributed by atoms with van der Waals surface area (Å²) in [6.45, 7) is 11.5. The van der Waals surface area contributed by atoms with Gasteiger partial charge in [0.15, 0.2) is 5.75 Å². The number of ether oxygens (including phenoxy) is 2. The highest BCUT2D eigenvalue weighted by atomic mass is 35.5. The van der Waals surface area contributed by atoms with Crippen LogP contribution in [0.5, 0.6) is 11.5 Å². The Labute approximate surface area is 378 Å². The van der Waals surface area contributed by atoms with Gasteiger partial charge in [-0.2, -0.15) is 0 Å². The van der Waals surface area contributed by atoms with E-state index in [-0.39, 0.29) is 51.9 Å². The summed E-state index contributed by atoms with van der Waals surface area (Å²) in [4.78, 5) is 36.4. The van der Waals surface area contributed by atoms with Crippen LogP contribution < -0.4 is 24.9 Å². The van der Waals surface area contributed by atoms with E-state index >= 15 is 0 Å². The Morgan fingerprint density at radius 3 is 2.52 bits per heavy atom. The number of allylic oxidation sites excluding steroid dienone is 1. The standard InChI is InChI=1S/C47H54ClN7O8S/c1-31(56)54-23-24-62-37(30-54)28-50-41-14-12-38(26-42(41)55(58)59)64(60,61)51-46(57)39-13-11-36(25-44(39)63-43-6-4-5-33-16-18-49-45(33)43)53-21-19-52(20-22-53)29-34-15-17-47(2,3)27-40(34)32-7-9-35(48)10-8-32/h4-14,18,25-26,37,50,58-59H,15-17,19-24,27-30H2,1-3H3,(H,51,57). The minimum absolute atomic E-state index is 0.0241. The summed E-state index contributed by atoms with van der Waals surface area (Å²) in [6, 6.07) is 22.5. The zero-order valence-corrected chi connectivity index (χ0v) is 37.8. The van der Waals surface area contributed by atoms with Crippen LogP contribution in [0.1, 0.15) is 61.5 Å². The molecule has 17 heteroatoms. The van der Waals surface area contributed by atoms with Crippen molar-refractivity contribution in [3.8, 4) is 11.5 Å². The van der Waals surface area contributed by atoms with Crippen LogP contribution in [0.3, 0.4) is 0 Å². The number of hydrogen-bond donors (Lipinski definition) is 4. The number of benzene rings is 4. The van der Waals surface area contributed by atoms with Gasteiger partial charge in [-0.3, -0.25) is 29.9 Å². The van der Waals surface area contributed by atoms with Crippen molar-refractivity contribution < 1.29 is 37.9 Å². The number of anilines is 3. The van der Waals surface area contributed by atoms with Crippen molar-refractivity contribution in [3.05, 3.63) is 106 Å². The lowest BCUT2D eigenvalue weighted by molar-refractivity contribution is -0.135. The zero-order valence-electron chi connectivity index (χ0n) is 36.2. The van der Waals surface area contributed by atoms with Crippen LogP contribution in [0, 0.1) is 5.41 Å². The van der Waals surface area contributed by atoms with E-state index in [1.54, 1.807) is 35.4 Å². The summed E-state index contributed by atoms with van der Waals surface area (Å²) in [5.41, 5.74) is 6.62. The number of nitrogens with one attached hydrogen (secondary N) is 2. The van der Waals surface area contributed by atoms with Crippen molar-refractivity contribution in [2.45, 2.75) is 57.5 Å². The molecular formula is C47H54ClN7O8S. The molecular weight excluding hydrogens is 858 g/mol. The van der Waals surface area contributed by atoms with E-state index in [1.807, 2.05) is 24.3 Å². The molecule has 0 bridgehead atoms. The number of morpholine rings is 1. The summed E-state index contributed by atoms with van der Waals surface area (Å²) in [5.74, 6) is -0.449. The van der Waals surface area contributed by atoms with E-state index < -0.39 is 20.8 Å². The topological polar surface area (TPSA) is 177 Å². The van der Waals surface area contributed by atoms with Gasteiger partial charge in [-0.1, -0.05) is 55.3 Å². The minimum atomic E-state index is -4.56. The molecule has 15 nitrogen and oxygen atoms in total. The molecule has 4 aromatic rings. The van der Waals surface area contributed by atoms with E-state index in [1.165, 1.54) is 35.8 Å². The number of fused-ring (bicyclic) bond motifs is 1. The molecule has 8 rings (SSSR count). The number of para-hydroxylation sites is 1. The normalized spacial score (nSPS) is 18.8. The van der Waals surface area contributed by atoms with Crippen molar-refractivity contribution in [1.29, 1.82) is 0 Å². The molecule has 1 aliphatic carbocycles. The molecule has 1 atom stereocenters. The molecule has 1 unspecified atom stereocenters. The Bertz CT molecular complexity index is 2580. The summed E-state index contributed by atoms with van der Waals surface area (Å²) in [7, 11) is -4.56. The largest absolute Gasteiger partial charge is 0.454 e. The lowest BCUT2D eigenvalue weighted by Crippen LogP contribution is -2.47. The highest BCUT2D eigenvalue weighted by Crippen LogP contribution is 2.44. The molecule has 4 N–H and O–H groups in total. The van der Waals surface area contributed by atoms with E-state index in [0.717, 1.165) is 74.3 Å². The van der Waals surface area contributed by atoms with E-state index in [2.05, 4.69) is 50.8 Å². The predicted octanol–water partition coefficient (Wildman–Crippen LogP) is 7.54. The number of carbonyl (C=O) groups is 2. The molecule has 2 saturated heterocycles. The first-order valence-corrected chi connectivity index (χ1v) is 23.4. The number of aliphatic imine (C=N–C) groups is 1. The van der Waals surface area contributed by atoms with E-state index in [9.17, 15) is 28.4 Å². The van der Waals surface area contributed by atoms with Crippen molar-refractivity contribution >= 4 is 68.0 Å². The fraction of sp³-hybridized carbons (Fsp3) is 0.383. The molecule has 4 aromatic carbocycles. The average Bonchev–Trinajstić information content (AvgIpc) is 3.77. The van der Waals surface area contributed by atoms with Crippen LogP contribution in [0.15, 0.2) is 94.3 Å². The van der Waals surface area contributed by atoms with Crippen molar-refractivity contribution in [2.24, 2.45) is 10.4 Å². The second-order valence-corrected chi connectivity index (χ2v) is 19.6. The van der Waals surface area contributed by atoms with Crippen LogP contribution >= 0.6 is 11.6 Å². The first-order valence-electron chi connectivity index (χ1n) is 21.5.